The predicted molar refractivity (Wildman–Crippen MR) is 315 cm³/mol. The third-order valence-corrected chi connectivity index (χ3v) is 42.7. The Balaban J connectivity index is 1.39. The van der Waals surface area contributed by atoms with Crippen molar-refractivity contribution in [1.29, 1.82) is 0 Å². The standard InChI is InChI=1S/C52H105N16OP5/c1-52(2,3)69-74(53-70(57-28-4-5-29-57,58-30-6-7-31-58)59-32-8-9-33-59,54-71(60-34-10-11-35-60,61-36-12-13-37-61)62-38-14-15-39-62,55-72(63-40-16-17-41-63,64-42-18-19-43-64)65-44-20-21-45-65)56-73(66-46-22-23-47-66,67-48-24-25-49-67)68-50-26-27-51-68/h4-51H2,1-3H3. The van der Waals surface area contributed by atoms with Gasteiger partial charge in [0, 0.05) is 0 Å². The quantitative estimate of drug-likeness (QED) is 0.129. The van der Waals surface area contributed by atoms with Crippen LogP contribution in [0.4, 0.5) is 0 Å². The Morgan fingerprint density at radius 2 is 0.338 bits per heavy atom. The van der Waals surface area contributed by atoms with Gasteiger partial charge in [-0.2, -0.15) is 0 Å². The minimum absolute atomic E-state index is 0.640. The zero-order valence-corrected chi connectivity index (χ0v) is 51.7. The average molecular weight is 1130 g/mol. The molecule has 74 heavy (non-hydrogen) atoms. The van der Waals surface area contributed by atoms with Crippen molar-refractivity contribution in [3.05, 3.63) is 0 Å². The Bertz CT molecular complexity index is 1650. The number of hydrogen-bond donors (Lipinski definition) is 0. The van der Waals surface area contributed by atoms with Crippen molar-refractivity contribution in [2.45, 2.75) is 180 Å². The van der Waals surface area contributed by atoms with Crippen molar-refractivity contribution in [2.75, 3.05) is 157 Å². The van der Waals surface area contributed by atoms with Crippen molar-refractivity contribution in [2.24, 2.45) is 18.1 Å². The van der Waals surface area contributed by atoms with Gasteiger partial charge in [0.25, 0.3) is 0 Å². The molecule has 0 aliphatic carbocycles. The summed E-state index contributed by atoms with van der Waals surface area (Å²) in [6.07, 6.45) is 29.8. The van der Waals surface area contributed by atoms with Gasteiger partial charge in [0.2, 0.25) is 0 Å². The van der Waals surface area contributed by atoms with E-state index in [1.807, 2.05) is 0 Å². The van der Waals surface area contributed by atoms with E-state index in [4.69, 9.17) is 18.1 Å². The molecule has 0 bridgehead atoms. The Labute approximate surface area is 451 Å². The zero-order chi connectivity index (χ0) is 50.4. The van der Waals surface area contributed by atoms with Crippen LogP contribution in [0, 0.1) is 0 Å². The van der Waals surface area contributed by atoms with Gasteiger partial charge in [0.05, 0.1) is 0 Å². The molecule has 12 rings (SSSR count). The van der Waals surface area contributed by atoms with Gasteiger partial charge in [-0.15, -0.1) is 0 Å². The Hall–Kier alpha value is 0.830. The molecule has 17 nitrogen and oxygen atoms in total. The minimum atomic E-state index is -5.23. The summed E-state index contributed by atoms with van der Waals surface area (Å²) in [5.74, 6) is 0. The molecule has 0 saturated carbocycles. The van der Waals surface area contributed by atoms with E-state index in [9.17, 15) is 4.52 Å². The van der Waals surface area contributed by atoms with Crippen LogP contribution in [0.2, 0.25) is 0 Å². The van der Waals surface area contributed by atoms with E-state index in [0.717, 1.165) is 157 Å². The van der Waals surface area contributed by atoms with Crippen LogP contribution in [0.15, 0.2) is 18.1 Å². The van der Waals surface area contributed by atoms with E-state index < -0.39 is 43.1 Å². The molecule has 12 fully saturated rings. The fourth-order valence-electron chi connectivity index (χ4n) is 16.0. The Morgan fingerprint density at radius 3 is 0.432 bits per heavy atom. The van der Waals surface area contributed by atoms with Crippen molar-refractivity contribution in [1.82, 2.24) is 56.0 Å². The van der Waals surface area contributed by atoms with Gasteiger partial charge in [-0.05, 0) is 0 Å². The van der Waals surface area contributed by atoms with Crippen LogP contribution in [-0.4, -0.2) is 219 Å². The predicted octanol–water partition coefficient (Wildman–Crippen LogP) is 12.9. The molecular weight excluding hydrogens is 1020 g/mol. The molecule has 0 amide bonds. The molecule has 22 heteroatoms. The van der Waals surface area contributed by atoms with E-state index in [1.54, 1.807) is 0 Å². The van der Waals surface area contributed by atoms with Crippen molar-refractivity contribution in [3.63, 3.8) is 0 Å². The van der Waals surface area contributed by atoms with Gasteiger partial charge in [0.15, 0.2) is 0 Å². The molecule has 0 unspecified atom stereocenters. The van der Waals surface area contributed by atoms with Crippen LogP contribution >= 0.6 is 37.5 Å². The first kappa shape index (κ1) is 55.4. The van der Waals surface area contributed by atoms with Crippen LogP contribution in [0.25, 0.3) is 0 Å². The van der Waals surface area contributed by atoms with Crippen LogP contribution in [0.1, 0.15) is 175 Å². The monoisotopic (exact) mass is 1120 g/mol. The first-order valence-electron chi connectivity index (χ1n) is 31.5. The molecule has 424 valence electrons. The summed E-state index contributed by atoms with van der Waals surface area (Å²) in [5.41, 5.74) is -0.640. The SMILES string of the molecule is CC(C)(C)OP(N=P(N1CCCC1)(N1CCCC1)N1CCCC1)(N=P(N1CCCC1)(N1CCCC1)N1CCCC1)(N=P(N1CCCC1)(N1CCCC1)N1CCCC1)N=P(N1CCCC1)(N1CCCC1)N1CCCC1. The molecule has 12 aliphatic rings. The van der Waals surface area contributed by atoms with Crippen molar-refractivity contribution >= 4 is 37.5 Å². The summed E-state index contributed by atoms with van der Waals surface area (Å²) >= 11 is 0. The fraction of sp³-hybridized carbons (Fsp3) is 1.00. The number of hydrogen-bond acceptors (Lipinski definition) is 5. The number of rotatable bonds is 17. The van der Waals surface area contributed by atoms with Crippen LogP contribution < -0.4 is 0 Å². The van der Waals surface area contributed by atoms with Gasteiger partial charge >= 0.3 is 454 Å². The molecule has 0 spiro atoms. The third-order valence-electron chi connectivity index (χ3n) is 19.1. The molecular formula is C52H105N16OP5. The topological polar surface area (TPSA) is 97.5 Å². The molecule has 12 aliphatic heterocycles. The van der Waals surface area contributed by atoms with E-state index in [1.165, 1.54) is 154 Å². The van der Waals surface area contributed by atoms with Crippen molar-refractivity contribution in [3.8, 4) is 0 Å². The number of nitrogens with zero attached hydrogens (tertiary/aromatic N) is 16. The molecule has 0 N–H and O–H groups in total. The van der Waals surface area contributed by atoms with Gasteiger partial charge in [-0.1, -0.05) is 0 Å². The summed E-state index contributed by atoms with van der Waals surface area (Å²) in [6, 6.07) is 0. The second-order valence-electron chi connectivity index (χ2n) is 25.5. The maximum absolute atomic E-state index is 9.21. The van der Waals surface area contributed by atoms with E-state index >= 15 is 0 Å². The molecule has 0 aromatic heterocycles. The second-order valence-corrected chi connectivity index (χ2v) is 41.4. The Kier molecular flexibility index (Phi) is 17.4. The summed E-state index contributed by atoms with van der Waals surface area (Å²) in [7, 11) is -16.4. The molecule has 0 aromatic rings. The van der Waals surface area contributed by atoms with Gasteiger partial charge in [-0.25, -0.2) is 0 Å². The molecule has 0 atom stereocenters. The maximum atomic E-state index is 9.21. The molecule has 0 radical (unpaired) electrons. The summed E-state index contributed by atoms with van der Waals surface area (Å²) < 4.78 is 76.1. The molecule has 12 saturated heterocycles. The van der Waals surface area contributed by atoms with Gasteiger partial charge in [-0.3, -0.25) is 0 Å². The molecule has 0 aromatic carbocycles. The summed E-state index contributed by atoms with van der Waals surface area (Å²) in [4.78, 5) is 0. The summed E-state index contributed by atoms with van der Waals surface area (Å²) in [6.45, 7) is 33.7. The molecule has 12 heterocycles. The third kappa shape index (κ3) is 10.2. The van der Waals surface area contributed by atoms with Gasteiger partial charge in [0.1, 0.15) is 0 Å². The Morgan fingerprint density at radius 1 is 0.230 bits per heavy atom. The van der Waals surface area contributed by atoms with E-state index in [2.05, 4.69) is 76.8 Å². The average Bonchev–Trinajstić information content (AvgIpc) is 4.24. The van der Waals surface area contributed by atoms with Crippen LogP contribution in [0.3, 0.4) is 0 Å². The first-order valence-corrected chi connectivity index (χ1v) is 39.8. The van der Waals surface area contributed by atoms with Crippen LogP contribution in [-0.2, 0) is 4.52 Å². The summed E-state index contributed by atoms with van der Waals surface area (Å²) in [5, 5.41) is 0. The normalized spacial score (nSPS) is 29.6. The fourth-order valence-corrected chi connectivity index (χ4v) is 46.6. The van der Waals surface area contributed by atoms with E-state index in [-0.39, 0.29) is 0 Å². The zero-order valence-electron chi connectivity index (χ0n) is 47.2. The van der Waals surface area contributed by atoms with Gasteiger partial charge < -0.3 is 0 Å². The van der Waals surface area contributed by atoms with Crippen molar-refractivity contribution < 1.29 is 4.52 Å². The first-order chi connectivity index (χ1) is 36.1. The second kappa shape index (κ2) is 23.2. The van der Waals surface area contributed by atoms with E-state index in [0.29, 0.717) is 0 Å². The van der Waals surface area contributed by atoms with Crippen LogP contribution in [0.5, 0.6) is 0 Å².